The Labute approximate surface area is 155 Å². The van der Waals surface area contributed by atoms with E-state index in [1.807, 2.05) is 40.0 Å². The fraction of sp³-hybridized carbons (Fsp3) is 0.524. The van der Waals surface area contributed by atoms with E-state index in [1.165, 1.54) is 24.8 Å². The fourth-order valence-electron chi connectivity index (χ4n) is 3.89. The first-order chi connectivity index (χ1) is 12.8. The van der Waals surface area contributed by atoms with Crippen molar-refractivity contribution in [2.24, 2.45) is 5.92 Å². The van der Waals surface area contributed by atoms with Gasteiger partial charge in [-0.3, -0.25) is 9.48 Å². The van der Waals surface area contributed by atoms with E-state index in [0.717, 1.165) is 32.5 Å². The second-order valence-corrected chi connectivity index (χ2v) is 7.65. The maximum atomic E-state index is 13.2. The van der Waals surface area contributed by atoms with Crippen LogP contribution in [0.5, 0.6) is 0 Å². The minimum Gasteiger partial charge on any atom is -0.333 e. The summed E-state index contributed by atoms with van der Waals surface area (Å²) in [7, 11) is 0. The van der Waals surface area contributed by atoms with Gasteiger partial charge in [0.1, 0.15) is 5.69 Å². The fourth-order valence-corrected chi connectivity index (χ4v) is 3.89. The molecule has 2 aliphatic rings. The van der Waals surface area contributed by atoms with E-state index in [-0.39, 0.29) is 5.91 Å². The molecule has 1 aliphatic carbocycles. The molecule has 0 radical (unpaired) electrons. The largest absolute Gasteiger partial charge is 0.333 e. The molecule has 5 nitrogen and oxygen atoms in total. The molecule has 1 atom stereocenters. The summed E-state index contributed by atoms with van der Waals surface area (Å²) in [5, 5.41) is 8.05. The van der Waals surface area contributed by atoms with Gasteiger partial charge in [0.25, 0.3) is 5.91 Å². The maximum absolute atomic E-state index is 13.2. The van der Waals surface area contributed by atoms with Gasteiger partial charge in [-0.2, -0.15) is 5.10 Å². The normalized spacial score (nSPS) is 20.5. The lowest BCUT2D eigenvalue weighted by Crippen LogP contribution is -2.37. The first-order valence-electron chi connectivity index (χ1n) is 9.88. The van der Waals surface area contributed by atoms with Gasteiger partial charge in [0.05, 0.1) is 6.04 Å². The number of hydrogen-bond donors (Lipinski definition) is 1. The zero-order valence-electron chi connectivity index (χ0n) is 15.3. The highest BCUT2D eigenvalue weighted by molar-refractivity contribution is 5.92. The minimum atomic E-state index is 0.0586. The van der Waals surface area contributed by atoms with Crippen LogP contribution in [0.1, 0.15) is 54.2 Å². The third-order valence-electron chi connectivity index (χ3n) is 5.68. The number of aromatic nitrogens is 2. The molecule has 1 saturated carbocycles. The summed E-state index contributed by atoms with van der Waals surface area (Å²) >= 11 is 0. The Balaban J connectivity index is 1.48. The van der Waals surface area contributed by atoms with Crippen LogP contribution in [0.15, 0.2) is 42.6 Å². The molecule has 1 aliphatic heterocycles. The SMILES string of the molecule is O=C(c1ccn(C2CCCNC2)n1)N(Cc1ccccc1)CC1CCC1. The highest BCUT2D eigenvalue weighted by Crippen LogP contribution is 2.28. The van der Waals surface area contributed by atoms with Gasteiger partial charge in [0.15, 0.2) is 0 Å². The van der Waals surface area contributed by atoms with E-state index >= 15 is 0 Å². The molecule has 5 heteroatoms. The smallest absolute Gasteiger partial charge is 0.274 e. The predicted molar refractivity (Wildman–Crippen MR) is 102 cm³/mol. The van der Waals surface area contributed by atoms with Crippen molar-refractivity contribution < 1.29 is 4.79 Å². The van der Waals surface area contributed by atoms with Crippen LogP contribution in [0.3, 0.4) is 0 Å². The van der Waals surface area contributed by atoms with Gasteiger partial charge in [0.2, 0.25) is 0 Å². The van der Waals surface area contributed by atoms with Crippen molar-refractivity contribution in [1.29, 1.82) is 0 Å². The number of piperidine rings is 1. The van der Waals surface area contributed by atoms with E-state index in [1.54, 1.807) is 0 Å². The molecule has 0 bridgehead atoms. The molecule has 1 aromatic carbocycles. The Morgan fingerprint density at radius 2 is 2.00 bits per heavy atom. The van der Waals surface area contributed by atoms with Gasteiger partial charge in [-0.25, -0.2) is 0 Å². The average molecular weight is 352 g/mol. The van der Waals surface area contributed by atoms with Crippen molar-refractivity contribution in [2.45, 2.75) is 44.7 Å². The zero-order valence-corrected chi connectivity index (χ0v) is 15.3. The lowest BCUT2D eigenvalue weighted by atomic mass is 9.85. The summed E-state index contributed by atoms with van der Waals surface area (Å²) in [5.74, 6) is 0.704. The molecular formula is C21H28N4O. The zero-order chi connectivity index (χ0) is 17.8. The average Bonchev–Trinajstić information content (AvgIpc) is 3.15. The number of hydrogen-bond acceptors (Lipinski definition) is 3. The number of nitrogens with zero attached hydrogens (tertiary/aromatic N) is 3. The van der Waals surface area contributed by atoms with Crippen molar-refractivity contribution in [3.63, 3.8) is 0 Å². The van der Waals surface area contributed by atoms with E-state index in [0.29, 0.717) is 24.2 Å². The topological polar surface area (TPSA) is 50.2 Å². The molecule has 1 amide bonds. The van der Waals surface area contributed by atoms with Gasteiger partial charge in [-0.05, 0) is 49.8 Å². The second-order valence-electron chi connectivity index (χ2n) is 7.65. The Bertz CT molecular complexity index is 717. The van der Waals surface area contributed by atoms with E-state index in [2.05, 4.69) is 22.5 Å². The van der Waals surface area contributed by atoms with E-state index < -0.39 is 0 Å². The van der Waals surface area contributed by atoms with E-state index in [4.69, 9.17) is 0 Å². The highest BCUT2D eigenvalue weighted by atomic mass is 16.2. The van der Waals surface area contributed by atoms with Gasteiger partial charge in [0, 0.05) is 25.8 Å². The quantitative estimate of drug-likeness (QED) is 0.868. The molecule has 138 valence electrons. The first-order valence-corrected chi connectivity index (χ1v) is 9.88. The van der Waals surface area contributed by atoms with Crippen molar-refractivity contribution in [1.82, 2.24) is 20.0 Å². The molecule has 2 fully saturated rings. The minimum absolute atomic E-state index is 0.0586. The van der Waals surface area contributed by atoms with Crippen LogP contribution < -0.4 is 5.32 Å². The third kappa shape index (κ3) is 3.98. The Kier molecular flexibility index (Phi) is 5.34. The summed E-state index contributed by atoms with van der Waals surface area (Å²) in [6, 6.07) is 12.5. The van der Waals surface area contributed by atoms with Crippen LogP contribution in [0.2, 0.25) is 0 Å². The molecule has 0 spiro atoms. The Morgan fingerprint density at radius 1 is 1.15 bits per heavy atom. The monoisotopic (exact) mass is 352 g/mol. The van der Waals surface area contributed by atoms with Crippen molar-refractivity contribution in [3.8, 4) is 0 Å². The molecular weight excluding hydrogens is 324 g/mol. The Morgan fingerprint density at radius 3 is 2.69 bits per heavy atom. The maximum Gasteiger partial charge on any atom is 0.274 e. The molecule has 4 rings (SSSR count). The van der Waals surface area contributed by atoms with Gasteiger partial charge in [-0.15, -0.1) is 0 Å². The number of rotatable bonds is 6. The summed E-state index contributed by atoms with van der Waals surface area (Å²) < 4.78 is 1.98. The van der Waals surface area contributed by atoms with Crippen molar-refractivity contribution >= 4 is 5.91 Å². The molecule has 1 N–H and O–H groups in total. The number of nitrogens with one attached hydrogen (secondary N) is 1. The Hall–Kier alpha value is -2.14. The van der Waals surface area contributed by atoms with Gasteiger partial charge < -0.3 is 10.2 Å². The summed E-state index contributed by atoms with van der Waals surface area (Å²) in [6.07, 6.45) is 8.02. The van der Waals surface area contributed by atoms with E-state index in [9.17, 15) is 4.79 Å². The van der Waals surface area contributed by atoms with Gasteiger partial charge >= 0.3 is 0 Å². The highest BCUT2D eigenvalue weighted by Gasteiger charge is 2.26. The summed E-state index contributed by atoms with van der Waals surface area (Å²) in [6.45, 7) is 3.51. The van der Waals surface area contributed by atoms with Crippen molar-refractivity contribution in [3.05, 3.63) is 53.9 Å². The first kappa shape index (κ1) is 17.3. The summed E-state index contributed by atoms with van der Waals surface area (Å²) in [5.41, 5.74) is 1.75. The molecule has 26 heavy (non-hydrogen) atoms. The lowest BCUT2D eigenvalue weighted by Gasteiger charge is -2.32. The van der Waals surface area contributed by atoms with Crippen molar-refractivity contribution in [2.75, 3.05) is 19.6 Å². The van der Waals surface area contributed by atoms with Crippen LogP contribution in [0.25, 0.3) is 0 Å². The van der Waals surface area contributed by atoms with Crippen LogP contribution in [0, 0.1) is 5.92 Å². The molecule has 1 unspecified atom stereocenters. The molecule has 2 heterocycles. The number of benzene rings is 1. The van der Waals surface area contributed by atoms with Crippen LogP contribution in [-0.4, -0.2) is 40.2 Å². The molecule has 1 aromatic heterocycles. The third-order valence-corrected chi connectivity index (χ3v) is 5.68. The number of amides is 1. The lowest BCUT2D eigenvalue weighted by molar-refractivity contribution is 0.0672. The second kappa shape index (κ2) is 8.04. The standard InChI is InChI=1S/C21H28N4O/c26-21(20-11-13-25(23-20)19-10-5-12-22-14-19)24(16-18-8-4-9-18)15-17-6-2-1-3-7-17/h1-3,6-7,11,13,18-19,22H,4-5,8-10,12,14-16H2. The predicted octanol–water partition coefficient (Wildman–Crippen LogP) is 3.25. The molecule has 2 aromatic rings. The van der Waals surface area contributed by atoms with Crippen LogP contribution in [-0.2, 0) is 6.54 Å². The number of carbonyl (C=O) groups is 1. The van der Waals surface area contributed by atoms with Gasteiger partial charge in [-0.1, -0.05) is 36.8 Å². The number of carbonyl (C=O) groups excluding carboxylic acids is 1. The summed E-state index contributed by atoms with van der Waals surface area (Å²) in [4.78, 5) is 15.1. The van der Waals surface area contributed by atoms with Crippen LogP contribution in [0.4, 0.5) is 0 Å². The molecule has 1 saturated heterocycles. The van der Waals surface area contributed by atoms with Crippen LogP contribution >= 0.6 is 0 Å².